The Morgan fingerprint density at radius 1 is 1.29 bits per heavy atom. The standard InChI is InChI=1S/C19H26N6O2S/c1-4-5-9-22(2)12-17(26)23(3)15-7-6-14-8-10-24(16(14)11-15)19(27)18-20-13-21-25(18)28/h6-7,11,13,28H,4-5,8-10,12H2,1-3H3. The minimum Gasteiger partial charge on any atom is -0.314 e. The van der Waals surface area contributed by atoms with E-state index in [9.17, 15) is 9.59 Å². The summed E-state index contributed by atoms with van der Waals surface area (Å²) in [5.41, 5.74) is 2.64. The van der Waals surface area contributed by atoms with E-state index in [1.54, 1.807) is 16.8 Å². The Hall–Kier alpha value is -2.39. The third-order valence-electron chi connectivity index (χ3n) is 4.99. The molecular formula is C19H26N6O2S. The first-order chi connectivity index (χ1) is 13.4. The molecule has 0 aliphatic carbocycles. The number of anilines is 2. The number of aromatic nitrogens is 3. The molecule has 2 amide bonds. The highest BCUT2D eigenvalue weighted by Crippen LogP contribution is 2.33. The Morgan fingerprint density at radius 3 is 2.75 bits per heavy atom. The van der Waals surface area contributed by atoms with Crippen LogP contribution in [0.4, 0.5) is 11.4 Å². The number of hydrogen-bond donors (Lipinski definition) is 1. The molecule has 0 unspecified atom stereocenters. The Labute approximate surface area is 170 Å². The SMILES string of the molecule is CCCCN(C)CC(=O)N(C)c1ccc2c(c1)N(C(=O)c1ncnn1S)CC2. The van der Waals surface area contributed by atoms with Gasteiger partial charge in [-0.2, -0.15) is 4.09 Å². The first-order valence-corrected chi connectivity index (χ1v) is 9.81. The molecule has 9 heteroatoms. The fraction of sp³-hybridized carbons (Fsp3) is 0.474. The molecule has 150 valence electrons. The molecule has 0 N–H and O–H groups in total. The van der Waals surface area contributed by atoms with E-state index in [1.807, 2.05) is 30.1 Å². The minimum atomic E-state index is -0.253. The third kappa shape index (κ3) is 4.20. The van der Waals surface area contributed by atoms with Gasteiger partial charge in [-0.1, -0.05) is 19.4 Å². The summed E-state index contributed by atoms with van der Waals surface area (Å²) in [6, 6.07) is 5.80. The molecular weight excluding hydrogens is 376 g/mol. The maximum atomic E-state index is 12.8. The molecule has 1 aliphatic heterocycles. The van der Waals surface area contributed by atoms with Crippen LogP contribution in [-0.2, 0) is 11.2 Å². The minimum absolute atomic E-state index is 0.0181. The molecule has 0 bridgehead atoms. The van der Waals surface area contributed by atoms with E-state index in [1.165, 1.54) is 10.4 Å². The first kappa shape index (κ1) is 20.3. The summed E-state index contributed by atoms with van der Waals surface area (Å²) in [4.78, 5) is 34.8. The molecule has 0 saturated heterocycles. The second kappa shape index (κ2) is 8.74. The van der Waals surface area contributed by atoms with E-state index in [4.69, 9.17) is 0 Å². The molecule has 1 aromatic carbocycles. The van der Waals surface area contributed by atoms with Gasteiger partial charge >= 0.3 is 0 Å². The zero-order valence-corrected chi connectivity index (χ0v) is 17.4. The van der Waals surface area contributed by atoms with Gasteiger partial charge in [-0.3, -0.25) is 14.5 Å². The Bertz CT molecular complexity index is 868. The summed E-state index contributed by atoms with van der Waals surface area (Å²) in [6.45, 7) is 3.96. The van der Waals surface area contributed by atoms with Crippen molar-refractivity contribution in [2.75, 3.05) is 43.5 Å². The number of rotatable bonds is 7. The molecule has 8 nitrogen and oxygen atoms in total. The summed E-state index contributed by atoms with van der Waals surface area (Å²) in [5.74, 6) is -0.0650. The molecule has 28 heavy (non-hydrogen) atoms. The van der Waals surface area contributed by atoms with Gasteiger partial charge in [0.2, 0.25) is 11.7 Å². The van der Waals surface area contributed by atoms with Crippen LogP contribution in [0.5, 0.6) is 0 Å². The van der Waals surface area contributed by atoms with Crippen molar-refractivity contribution in [3.8, 4) is 0 Å². The van der Waals surface area contributed by atoms with Crippen LogP contribution < -0.4 is 9.80 Å². The van der Waals surface area contributed by atoms with Crippen molar-refractivity contribution in [3.63, 3.8) is 0 Å². The predicted molar refractivity (Wildman–Crippen MR) is 112 cm³/mol. The number of thiol groups is 1. The molecule has 0 atom stereocenters. The molecule has 0 spiro atoms. The summed E-state index contributed by atoms with van der Waals surface area (Å²) >= 11 is 4.12. The van der Waals surface area contributed by atoms with Crippen LogP contribution >= 0.6 is 12.8 Å². The highest BCUT2D eigenvalue weighted by Gasteiger charge is 2.29. The number of amides is 2. The quantitative estimate of drug-likeness (QED) is 0.716. The number of nitrogens with zero attached hydrogens (tertiary/aromatic N) is 6. The number of likely N-dealkylation sites (N-methyl/N-ethyl adjacent to an activating group) is 2. The van der Waals surface area contributed by atoms with Crippen LogP contribution in [0.3, 0.4) is 0 Å². The van der Waals surface area contributed by atoms with Gasteiger partial charge in [-0.05, 0) is 56.9 Å². The van der Waals surface area contributed by atoms with E-state index < -0.39 is 0 Å². The number of fused-ring (bicyclic) bond motifs is 1. The third-order valence-corrected chi connectivity index (χ3v) is 5.28. The Morgan fingerprint density at radius 2 is 2.07 bits per heavy atom. The van der Waals surface area contributed by atoms with Gasteiger partial charge in [0, 0.05) is 25.0 Å². The van der Waals surface area contributed by atoms with Gasteiger partial charge in [0.15, 0.2) is 0 Å². The lowest BCUT2D eigenvalue weighted by atomic mass is 10.1. The van der Waals surface area contributed by atoms with Gasteiger partial charge in [-0.15, -0.1) is 5.10 Å². The smallest absolute Gasteiger partial charge is 0.296 e. The lowest BCUT2D eigenvalue weighted by Crippen LogP contribution is -2.37. The molecule has 1 aromatic heterocycles. The number of carbonyl (C=O) groups excluding carboxylic acids is 2. The molecule has 2 heterocycles. The largest absolute Gasteiger partial charge is 0.314 e. The van der Waals surface area contributed by atoms with Gasteiger partial charge in [0.25, 0.3) is 5.91 Å². The van der Waals surface area contributed by atoms with Crippen LogP contribution in [0, 0.1) is 0 Å². The first-order valence-electron chi connectivity index (χ1n) is 9.41. The summed E-state index contributed by atoms with van der Waals surface area (Å²) in [7, 11) is 3.72. The molecule has 1 aliphatic rings. The summed E-state index contributed by atoms with van der Waals surface area (Å²) in [5, 5.41) is 3.85. The predicted octanol–water partition coefficient (Wildman–Crippen LogP) is 1.87. The maximum Gasteiger partial charge on any atom is 0.296 e. The highest BCUT2D eigenvalue weighted by molar-refractivity contribution is 7.78. The van der Waals surface area contributed by atoms with Crippen molar-refractivity contribution in [2.24, 2.45) is 0 Å². The Balaban J connectivity index is 1.76. The zero-order valence-electron chi connectivity index (χ0n) is 16.5. The zero-order chi connectivity index (χ0) is 20.3. The average Bonchev–Trinajstić information content (AvgIpc) is 3.30. The normalized spacial score (nSPS) is 13.1. The van der Waals surface area contributed by atoms with Crippen molar-refractivity contribution in [3.05, 3.63) is 35.9 Å². The van der Waals surface area contributed by atoms with Gasteiger partial charge in [-0.25, -0.2) is 4.98 Å². The van der Waals surface area contributed by atoms with Crippen LogP contribution in [0.1, 0.15) is 35.9 Å². The van der Waals surface area contributed by atoms with E-state index in [-0.39, 0.29) is 17.6 Å². The maximum absolute atomic E-state index is 12.8. The summed E-state index contributed by atoms with van der Waals surface area (Å²) < 4.78 is 1.17. The van der Waals surface area contributed by atoms with Crippen molar-refractivity contribution >= 4 is 36.0 Å². The molecule has 3 rings (SSSR count). The van der Waals surface area contributed by atoms with Crippen molar-refractivity contribution < 1.29 is 9.59 Å². The summed E-state index contributed by atoms with van der Waals surface area (Å²) in [6.07, 6.45) is 4.23. The lowest BCUT2D eigenvalue weighted by Gasteiger charge is -2.23. The fourth-order valence-electron chi connectivity index (χ4n) is 3.27. The second-order valence-corrected chi connectivity index (χ2v) is 7.42. The van der Waals surface area contributed by atoms with Crippen LogP contribution in [0.15, 0.2) is 24.5 Å². The highest BCUT2D eigenvalue weighted by atomic mass is 32.1. The van der Waals surface area contributed by atoms with Gasteiger partial charge < -0.3 is 9.80 Å². The average molecular weight is 403 g/mol. The fourth-order valence-corrected chi connectivity index (χ4v) is 3.46. The van der Waals surface area contributed by atoms with Crippen molar-refractivity contribution in [2.45, 2.75) is 26.2 Å². The number of hydrogen-bond acceptors (Lipinski definition) is 6. The number of carbonyl (C=O) groups is 2. The lowest BCUT2D eigenvalue weighted by molar-refractivity contribution is -0.119. The van der Waals surface area contributed by atoms with Gasteiger partial charge in [0.1, 0.15) is 6.33 Å². The van der Waals surface area contributed by atoms with Crippen LogP contribution in [0.25, 0.3) is 0 Å². The van der Waals surface area contributed by atoms with Crippen LogP contribution in [-0.4, -0.2) is 64.6 Å². The van der Waals surface area contributed by atoms with E-state index in [0.717, 1.165) is 42.7 Å². The second-order valence-electron chi connectivity index (χ2n) is 7.04. The van der Waals surface area contributed by atoms with Crippen LogP contribution in [0.2, 0.25) is 0 Å². The molecule has 0 saturated carbocycles. The molecule has 0 fully saturated rings. The number of benzene rings is 1. The molecule has 2 aromatic rings. The van der Waals surface area contributed by atoms with Crippen molar-refractivity contribution in [1.29, 1.82) is 0 Å². The van der Waals surface area contributed by atoms with E-state index in [0.29, 0.717) is 13.1 Å². The van der Waals surface area contributed by atoms with Crippen molar-refractivity contribution in [1.82, 2.24) is 19.1 Å². The Kier molecular flexibility index (Phi) is 6.35. The molecule has 0 radical (unpaired) electrons. The van der Waals surface area contributed by atoms with E-state index >= 15 is 0 Å². The van der Waals surface area contributed by atoms with Gasteiger partial charge in [0.05, 0.1) is 6.54 Å². The monoisotopic (exact) mass is 402 g/mol. The number of unbranched alkanes of at least 4 members (excludes halogenated alkanes) is 1. The topological polar surface area (TPSA) is 74.6 Å². The van der Waals surface area contributed by atoms with E-state index in [2.05, 4.69) is 29.8 Å².